The zero-order valence-corrected chi connectivity index (χ0v) is 30.7. The van der Waals surface area contributed by atoms with E-state index in [1.54, 1.807) is 0 Å². The van der Waals surface area contributed by atoms with Crippen molar-refractivity contribution in [2.45, 2.75) is 31.3 Å². The highest BCUT2D eigenvalue weighted by atomic mass is 16.5. The molecule has 0 amide bonds. The van der Waals surface area contributed by atoms with Gasteiger partial charge in [-0.25, -0.2) is 0 Å². The highest BCUT2D eigenvalue weighted by Gasteiger charge is 2.41. The molecule has 0 radical (unpaired) electrons. The first kappa shape index (κ1) is 31.7. The van der Waals surface area contributed by atoms with Crippen molar-refractivity contribution < 1.29 is 9.15 Å². The van der Waals surface area contributed by atoms with E-state index in [9.17, 15) is 0 Å². The van der Waals surface area contributed by atoms with Gasteiger partial charge in [-0.05, 0) is 101 Å². The van der Waals surface area contributed by atoms with Crippen LogP contribution in [-0.2, 0) is 5.41 Å². The van der Waals surface area contributed by atoms with Crippen LogP contribution in [0.4, 0.5) is 28.4 Å². The number of anilines is 5. The quantitative estimate of drug-likeness (QED) is 0.172. The molecule has 0 saturated carbocycles. The van der Waals surface area contributed by atoms with Crippen molar-refractivity contribution in [3.63, 3.8) is 0 Å². The normalized spacial score (nSPS) is 17.2. The summed E-state index contributed by atoms with van der Waals surface area (Å²) in [6.07, 6.45) is 6.53. The first-order valence-electron chi connectivity index (χ1n) is 19.1. The van der Waals surface area contributed by atoms with Gasteiger partial charge in [0.1, 0.15) is 23.0 Å². The summed E-state index contributed by atoms with van der Waals surface area (Å²) in [6, 6.07) is 58.4. The summed E-state index contributed by atoms with van der Waals surface area (Å²) in [5.41, 5.74) is 14.5. The largest absolute Gasteiger partial charge is 0.483 e. The minimum atomic E-state index is -0.181. The van der Waals surface area contributed by atoms with E-state index in [1.807, 2.05) is 0 Å². The van der Waals surface area contributed by atoms with E-state index >= 15 is 0 Å². The van der Waals surface area contributed by atoms with Crippen molar-refractivity contribution in [1.29, 1.82) is 0 Å². The monoisotopic (exact) mass is 710 g/mol. The van der Waals surface area contributed by atoms with Crippen molar-refractivity contribution in [3.8, 4) is 16.9 Å². The second-order valence-electron chi connectivity index (χ2n) is 15.3. The molecular formula is C51H38N2O2. The molecule has 1 aromatic heterocycles. The van der Waals surface area contributed by atoms with E-state index in [1.165, 1.54) is 27.8 Å². The second-order valence-corrected chi connectivity index (χ2v) is 15.3. The van der Waals surface area contributed by atoms with Gasteiger partial charge >= 0.3 is 0 Å². The fourth-order valence-electron chi connectivity index (χ4n) is 9.24. The number of benzene rings is 7. The minimum Gasteiger partial charge on any atom is -0.483 e. The molecule has 1 aliphatic heterocycles. The van der Waals surface area contributed by atoms with Crippen LogP contribution in [0.5, 0.6) is 5.75 Å². The topological polar surface area (TPSA) is 28.9 Å². The Morgan fingerprint density at radius 1 is 0.545 bits per heavy atom. The van der Waals surface area contributed by atoms with Crippen LogP contribution in [0.15, 0.2) is 192 Å². The number of allylic oxidation sites excluding steroid dienone is 2. The Hall–Kier alpha value is -6.78. The van der Waals surface area contributed by atoms with E-state index in [0.29, 0.717) is 0 Å². The molecule has 2 atom stereocenters. The SMILES string of the molecule is CC1(C)c2ccccc2-c2ccc(N(C3=CC=CC4c5ccccc5OC34)c3ccc4oc5cccc(N(c6ccccc6)c6ccccc6)c5c4c3)cc21. The standard InChI is InChI=1S/C51H38N2O2/c1-51(2)42-22-11-9-19-37(42)38-29-27-36(32-43(38)51)53(45-24-13-21-40-39-20-10-12-25-46(39)55-50(40)45)35-28-30-47-41(31-35)49-44(23-14-26-48(49)54-47)52(33-15-5-3-6-16-33)34-17-7-4-8-18-34/h3-32,40,50H,1-2H3. The molecule has 0 bridgehead atoms. The number of hydrogen-bond acceptors (Lipinski definition) is 4. The van der Waals surface area contributed by atoms with Crippen LogP contribution in [0.2, 0.25) is 0 Å². The van der Waals surface area contributed by atoms with Crippen LogP contribution >= 0.6 is 0 Å². The van der Waals surface area contributed by atoms with E-state index in [-0.39, 0.29) is 17.4 Å². The third-order valence-corrected chi connectivity index (χ3v) is 11.8. The number of ether oxygens (including phenoxy) is 1. The van der Waals surface area contributed by atoms with Crippen LogP contribution in [0.25, 0.3) is 33.1 Å². The number of furan rings is 1. The third kappa shape index (κ3) is 4.84. The molecule has 2 aliphatic carbocycles. The number of hydrogen-bond donors (Lipinski definition) is 0. The van der Waals surface area contributed by atoms with Gasteiger partial charge < -0.3 is 19.0 Å². The number of para-hydroxylation sites is 3. The van der Waals surface area contributed by atoms with Crippen molar-refractivity contribution in [2.75, 3.05) is 9.80 Å². The van der Waals surface area contributed by atoms with Crippen LogP contribution in [0, 0.1) is 0 Å². The Bertz CT molecular complexity index is 2810. The molecular weight excluding hydrogens is 673 g/mol. The van der Waals surface area contributed by atoms with E-state index in [4.69, 9.17) is 9.15 Å². The summed E-state index contributed by atoms with van der Waals surface area (Å²) in [6.45, 7) is 4.69. The summed E-state index contributed by atoms with van der Waals surface area (Å²) >= 11 is 0. The number of fused-ring (bicyclic) bond motifs is 9. The summed E-state index contributed by atoms with van der Waals surface area (Å²) in [7, 11) is 0. The van der Waals surface area contributed by atoms with Gasteiger partial charge in [0.2, 0.25) is 0 Å². The van der Waals surface area contributed by atoms with Gasteiger partial charge in [0.05, 0.1) is 16.8 Å². The molecule has 0 saturated heterocycles. The van der Waals surface area contributed by atoms with Gasteiger partial charge in [0.25, 0.3) is 0 Å². The second kappa shape index (κ2) is 12.1. The summed E-state index contributed by atoms with van der Waals surface area (Å²) in [5.74, 6) is 1.06. The van der Waals surface area contributed by atoms with Gasteiger partial charge in [-0.2, -0.15) is 0 Å². The molecule has 0 N–H and O–H groups in total. The maximum absolute atomic E-state index is 6.84. The van der Waals surface area contributed by atoms with E-state index in [2.05, 4.69) is 206 Å². The predicted molar refractivity (Wildman–Crippen MR) is 225 cm³/mol. The highest BCUT2D eigenvalue weighted by molar-refractivity contribution is 6.14. The van der Waals surface area contributed by atoms with Crippen LogP contribution in [0.1, 0.15) is 36.5 Å². The lowest BCUT2D eigenvalue weighted by molar-refractivity contribution is 0.253. The van der Waals surface area contributed by atoms with Crippen molar-refractivity contribution >= 4 is 50.4 Å². The number of nitrogens with zero attached hydrogens (tertiary/aromatic N) is 2. The fraction of sp³-hybridized carbons (Fsp3) is 0.0980. The third-order valence-electron chi connectivity index (χ3n) is 11.8. The van der Waals surface area contributed by atoms with Crippen molar-refractivity contribution in [1.82, 2.24) is 0 Å². The average molecular weight is 711 g/mol. The Labute approximate surface area is 320 Å². The molecule has 4 heteroatoms. The molecule has 3 aliphatic rings. The Kier molecular flexibility index (Phi) is 6.99. The van der Waals surface area contributed by atoms with Crippen LogP contribution in [0.3, 0.4) is 0 Å². The van der Waals surface area contributed by atoms with E-state index < -0.39 is 0 Å². The highest BCUT2D eigenvalue weighted by Crippen LogP contribution is 2.52. The molecule has 2 unspecified atom stereocenters. The molecule has 264 valence electrons. The zero-order chi connectivity index (χ0) is 36.7. The Balaban J connectivity index is 1.13. The Morgan fingerprint density at radius 3 is 2.05 bits per heavy atom. The minimum absolute atomic E-state index is 0.115. The molecule has 55 heavy (non-hydrogen) atoms. The van der Waals surface area contributed by atoms with Gasteiger partial charge in [-0.15, -0.1) is 0 Å². The maximum Gasteiger partial charge on any atom is 0.149 e. The first-order chi connectivity index (χ1) is 27.0. The van der Waals surface area contributed by atoms with Gasteiger partial charge in [0.15, 0.2) is 0 Å². The average Bonchev–Trinajstić information content (AvgIpc) is 3.87. The lowest BCUT2D eigenvalue weighted by Crippen LogP contribution is -2.32. The van der Waals surface area contributed by atoms with Gasteiger partial charge in [0, 0.05) is 45.0 Å². The molecule has 2 heterocycles. The van der Waals surface area contributed by atoms with Crippen molar-refractivity contribution in [3.05, 3.63) is 204 Å². The smallest absolute Gasteiger partial charge is 0.149 e. The van der Waals surface area contributed by atoms with Gasteiger partial charge in [-0.3, -0.25) is 0 Å². The predicted octanol–water partition coefficient (Wildman–Crippen LogP) is 13.5. The lowest BCUT2D eigenvalue weighted by atomic mass is 9.82. The van der Waals surface area contributed by atoms with Crippen molar-refractivity contribution in [2.24, 2.45) is 0 Å². The molecule has 4 nitrogen and oxygen atoms in total. The summed E-state index contributed by atoms with van der Waals surface area (Å²) in [4.78, 5) is 4.74. The first-order valence-corrected chi connectivity index (χ1v) is 19.1. The molecule has 0 fully saturated rings. The van der Waals surface area contributed by atoms with Crippen LogP contribution < -0.4 is 14.5 Å². The van der Waals surface area contributed by atoms with Gasteiger partial charge in [-0.1, -0.05) is 117 Å². The molecule has 11 rings (SSSR count). The Morgan fingerprint density at radius 2 is 1.24 bits per heavy atom. The molecule has 0 spiro atoms. The molecule has 8 aromatic rings. The number of rotatable bonds is 6. The maximum atomic E-state index is 6.84. The zero-order valence-electron chi connectivity index (χ0n) is 30.7. The van der Waals surface area contributed by atoms with Crippen LogP contribution in [-0.4, -0.2) is 6.10 Å². The van der Waals surface area contributed by atoms with E-state index in [0.717, 1.165) is 61.8 Å². The lowest BCUT2D eigenvalue weighted by Gasteiger charge is -2.34. The summed E-state index contributed by atoms with van der Waals surface area (Å²) in [5, 5.41) is 2.12. The molecule has 7 aromatic carbocycles. The summed E-state index contributed by atoms with van der Waals surface area (Å²) < 4.78 is 13.5. The fourth-order valence-corrected chi connectivity index (χ4v) is 9.24.